The van der Waals surface area contributed by atoms with E-state index in [4.69, 9.17) is 21.1 Å². The second-order valence-electron chi connectivity index (χ2n) is 5.06. The number of alkyl halides is 1. The molecule has 1 atom stereocenters. The molecule has 5 heteroatoms. The summed E-state index contributed by atoms with van der Waals surface area (Å²) in [5.41, 5.74) is 0. The first kappa shape index (κ1) is 16.0. The molecule has 0 spiro atoms. The van der Waals surface area contributed by atoms with Crippen LogP contribution in [0.15, 0.2) is 24.3 Å². The van der Waals surface area contributed by atoms with E-state index < -0.39 is 6.10 Å². The Kier molecular flexibility index (Phi) is 5.74. The van der Waals surface area contributed by atoms with Gasteiger partial charge < -0.3 is 14.4 Å². The molecule has 0 aromatic heterocycles. The number of rotatable bonds is 6. The predicted octanol–water partition coefficient (Wildman–Crippen LogP) is 3.08. The number of amides is 1. The minimum Gasteiger partial charge on any atom is -0.485 e. The highest BCUT2D eigenvalue weighted by atomic mass is 35.5. The van der Waals surface area contributed by atoms with Crippen LogP contribution >= 0.6 is 11.6 Å². The van der Waals surface area contributed by atoms with Crippen LogP contribution in [0.5, 0.6) is 11.5 Å². The summed E-state index contributed by atoms with van der Waals surface area (Å²) in [7, 11) is 0. The van der Waals surface area contributed by atoms with Gasteiger partial charge >= 0.3 is 0 Å². The largest absolute Gasteiger partial charge is 0.485 e. The number of para-hydroxylation sites is 2. The van der Waals surface area contributed by atoms with Crippen LogP contribution < -0.4 is 9.47 Å². The Morgan fingerprint density at radius 2 is 2.00 bits per heavy atom. The summed E-state index contributed by atoms with van der Waals surface area (Å²) in [5.74, 6) is 1.69. The van der Waals surface area contributed by atoms with Crippen molar-refractivity contribution in [3.8, 4) is 11.5 Å². The van der Waals surface area contributed by atoms with E-state index in [2.05, 4.69) is 13.8 Å². The van der Waals surface area contributed by atoms with Crippen LogP contribution in [0.2, 0.25) is 0 Å². The number of halogens is 1. The van der Waals surface area contributed by atoms with Crippen LogP contribution in [-0.2, 0) is 4.79 Å². The molecule has 21 heavy (non-hydrogen) atoms. The second-order valence-corrected chi connectivity index (χ2v) is 5.43. The fourth-order valence-electron chi connectivity index (χ4n) is 2.62. The Hall–Kier alpha value is -1.42. The molecule has 0 saturated carbocycles. The first-order valence-corrected chi connectivity index (χ1v) is 7.99. The van der Waals surface area contributed by atoms with Crippen LogP contribution in [0.25, 0.3) is 0 Å². The molecule has 0 fully saturated rings. The van der Waals surface area contributed by atoms with Gasteiger partial charge in [0.05, 0.1) is 0 Å². The molecule has 4 nitrogen and oxygen atoms in total. The van der Waals surface area contributed by atoms with Crippen molar-refractivity contribution >= 4 is 17.5 Å². The van der Waals surface area contributed by atoms with E-state index in [-0.39, 0.29) is 18.6 Å². The molecule has 0 aliphatic carbocycles. The molecule has 0 bridgehead atoms. The molecule has 1 aromatic carbocycles. The average molecular weight is 312 g/mol. The zero-order valence-electron chi connectivity index (χ0n) is 12.5. The number of hydrogen-bond acceptors (Lipinski definition) is 3. The number of nitrogens with zero attached hydrogens (tertiary/aromatic N) is 1. The van der Waals surface area contributed by atoms with Crippen LogP contribution in [-0.4, -0.2) is 42.0 Å². The molecule has 1 aliphatic rings. The Bertz CT molecular complexity index is 476. The van der Waals surface area contributed by atoms with Gasteiger partial charge in [0.25, 0.3) is 5.91 Å². The molecule has 0 N–H and O–H groups in total. The number of fused-ring (bicyclic) bond motifs is 1. The normalized spacial score (nSPS) is 16.9. The van der Waals surface area contributed by atoms with Crippen molar-refractivity contribution in [3.63, 3.8) is 0 Å². The lowest BCUT2D eigenvalue weighted by atomic mass is 10.1. The average Bonchev–Trinajstić information content (AvgIpc) is 2.54. The van der Waals surface area contributed by atoms with Crippen molar-refractivity contribution in [3.05, 3.63) is 24.3 Å². The number of hydrogen-bond donors (Lipinski definition) is 0. The summed E-state index contributed by atoms with van der Waals surface area (Å²) in [6.45, 7) is 4.94. The second kappa shape index (κ2) is 7.55. The van der Waals surface area contributed by atoms with Gasteiger partial charge in [0.15, 0.2) is 11.5 Å². The predicted molar refractivity (Wildman–Crippen MR) is 83.2 cm³/mol. The monoisotopic (exact) mass is 311 g/mol. The minimum atomic E-state index is -0.594. The summed E-state index contributed by atoms with van der Waals surface area (Å²) < 4.78 is 11.4. The van der Waals surface area contributed by atoms with Gasteiger partial charge in [-0.3, -0.25) is 4.79 Å². The number of ether oxygens (including phenoxy) is 2. The van der Waals surface area contributed by atoms with Gasteiger partial charge in [0, 0.05) is 18.5 Å². The van der Waals surface area contributed by atoms with E-state index in [1.54, 1.807) is 0 Å². The lowest BCUT2D eigenvalue weighted by Crippen LogP contribution is -2.50. The van der Waals surface area contributed by atoms with Crippen LogP contribution in [0.1, 0.15) is 26.7 Å². The van der Waals surface area contributed by atoms with E-state index in [9.17, 15) is 4.79 Å². The number of benzene rings is 1. The van der Waals surface area contributed by atoms with Gasteiger partial charge in [-0.15, -0.1) is 11.6 Å². The Morgan fingerprint density at radius 3 is 2.62 bits per heavy atom. The quantitative estimate of drug-likeness (QED) is 0.758. The van der Waals surface area contributed by atoms with E-state index in [0.717, 1.165) is 12.8 Å². The van der Waals surface area contributed by atoms with E-state index in [1.807, 2.05) is 29.2 Å². The molecule has 2 rings (SSSR count). The summed E-state index contributed by atoms with van der Waals surface area (Å²) in [6.07, 6.45) is 1.22. The zero-order valence-corrected chi connectivity index (χ0v) is 13.3. The van der Waals surface area contributed by atoms with Crippen molar-refractivity contribution in [2.75, 3.05) is 19.0 Å². The molecule has 1 unspecified atom stereocenters. The molecule has 116 valence electrons. The molecule has 1 heterocycles. The molecular formula is C16H22ClNO3. The first-order chi connectivity index (χ1) is 10.2. The summed E-state index contributed by atoms with van der Waals surface area (Å²) in [5, 5.41) is 0. The number of carbonyl (C=O) groups is 1. The maximum absolute atomic E-state index is 12.7. The Labute approximate surface area is 131 Å². The van der Waals surface area contributed by atoms with Crippen molar-refractivity contribution in [1.29, 1.82) is 0 Å². The Morgan fingerprint density at radius 1 is 1.33 bits per heavy atom. The molecule has 1 amide bonds. The molecule has 1 aromatic rings. The summed E-state index contributed by atoms with van der Waals surface area (Å²) >= 11 is 5.85. The van der Waals surface area contributed by atoms with Crippen molar-refractivity contribution in [2.45, 2.75) is 38.8 Å². The van der Waals surface area contributed by atoms with Gasteiger partial charge in [-0.1, -0.05) is 26.0 Å². The molecule has 1 aliphatic heterocycles. The maximum atomic E-state index is 12.7. The SMILES string of the molecule is CCC(CC)N(CCCl)C(=O)C1COc2ccccc2O1. The molecule has 0 radical (unpaired) electrons. The standard InChI is InChI=1S/C16H22ClNO3/c1-3-12(4-2)18(10-9-17)16(19)15-11-20-13-7-5-6-8-14(13)21-15/h5-8,12,15H,3-4,9-11H2,1-2H3. The van der Waals surface area contributed by atoms with E-state index in [1.165, 1.54) is 0 Å². The summed E-state index contributed by atoms with van der Waals surface area (Å²) in [4.78, 5) is 14.5. The van der Waals surface area contributed by atoms with E-state index in [0.29, 0.717) is 23.9 Å². The van der Waals surface area contributed by atoms with Crippen molar-refractivity contribution in [2.24, 2.45) is 0 Å². The highest BCUT2D eigenvalue weighted by Gasteiger charge is 2.33. The van der Waals surface area contributed by atoms with Crippen molar-refractivity contribution < 1.29 is 14.3 Å². The Balaban J connectivity index is 2.11. The zero-order chi connectivity index (χ0) is 15.2. The topological polar surface area (TPSA) is 38.8 Å². The summed E-state index contributed by atoms with van der Waals surface area (Å²) in [6, 6.07) is 7.60. The maximum Gasteiger partial charge on any atom is 0.267 e. The van der Waals surface area contributed by atoms with Gasteiger partial charge in [-0.05, 0) is 25.0 Å². The molecule has 0 saturated heterocycles. The highest BCUT2D eigenvalue weighted by molar-refractivity contribution is 6.18. The van der Waals surface area contributed by atoms with Crippen LogP contribution in [0.3, 0.4) is 0 Å². The van der Waals surface area contributed by atoms with E-state index >= 15 is 0 Å². The number of carbonyl (C=O) groups excluding carboxylic acids is 1. The molecular weight excluding hydrogens is 290 g/mol. The van der Waals surface area contributed by atoms with Crippen LogP contribution in [0.4, 0.5) is 0 Å². The third-order valence-electron chi connectivity index (χ3n) is 3.78. The lowest BCUT2D eigenvalue weighted by Gasteiger charge is -2.34. The van der Waals surface area contributed by atoms with Gasteiger partial charge in [-0.25, -0.2) is 0 Å². The smallest absolute Gasteiger partial charge is 0.267 e. The third-order valence-corrected chi connectivity index (χ3v) is 3.94. The minimum absolute atomic E-state index is 0.0427. The van der Waals surface area contributed by atoms with Crippen LogP contribution in [0, 0.1) is 0 Å². The lowest BCUT2D eigenvalue weighted by molar-refractivity contribution is -0.143. The van der Waals surface area contributed by atoms with Crippen molar-refractivity contribution in [1.82, 2.24) is 4.90 Å². The van der Waals surface area contributed by atoms with Gasteiger partial charge in [0.2, 0.25) is 6.10 Å². The van der Waals surface area contributed by atoms with Gasteiger partial charge in [-0.2, -0.15) is 0 Å². The highest BCUT2D eigenvalue weighted by Crippen LogP contribution is 2.31. The fourth-order valence-corrected chi connectivity index (χ4v) is 2.80. The third kappa shape index (κ3) is 3.62. The van der Waals surface area contributed by atoms with Gasteiger partial charge in [0.1, 0.15) is 6.61 Å². The first-order valence-electron chi connectivity index (χ1n) is 7.46. The fraction of sp³-hybridized carbons (Fsp3) is 0.562.